The molecule has 0 saturated carbocycles. The van der Waals surface area contributed by atoms with E-state index in [1.54, 1.807) is 0 Å². The second-order valence-corrected chi connectivity index (χ2v) is 4.51. The van der Waals surface area contributed by atoms with Crippen LogP contribution in [0.2, 0.25) is 0 Å². The topological polar surface area (TPSA) is 59.2 Å². The molecule has 1 aromatic heterocycles. The van der Waals surface area contributed by atoms with E-state index in [0.717, 1.165) is 10.0 Å². The summed E-state index contributed by atoms with van der Waals surface area (Å²) in [5, 5.41) is 1.94. The number of rotatable bonds is 3. The maximum absolute atomic E-state index is 10.8. The minimum absolute atomic E-state index is 0.430. The molecule has 1 rings (SSSR count). The first-order valence-electron chi connectivity index (χ1n) is 3.80. The van der Waals surface area contributed by atoms with E-state index >= 15 is 0 Å². The largest absolute Gasteiger partial charge is 0.351 e. The maximum Gasteiger partial charge on any atom is 0.325 e. The van der Waals surface area contributed by atoms with E-state index in [0.29, 0.717) is 6.54 Å². The second-order valence-electron chi connectivity index (χ2n) is 2.38. The fourth-order valence-electron chi connectivity index (χ4n) is 0.734. The first-order valence-corrected chi connectivity index (χ1v) is 5.46. The van der Waals surface area contributed by atoms with Crippen LogP contribution in [0.15, 0.2) is 9.72 Å². The SMILES string of the molecule is CCN(Sc1nc(C)cs1)C(N)=O. The van der Waals surface area contributed by atoms with E-state index < -0.39 is 6.03 Å². The maximum atomic E-state index is 10.8. The third-order valence-corrected chi connectivity index (χ3v) is 3.49. The van der Waals surface area contributed by atoms with Crippen LogP contribution in [0.25, 0.3) is 0 Å². The van der Waals surface area contributed by atoms with Gasteiger partial charge in [-0.05, 0) is 13.8 Å². The quantitative estimate of drug-likeness (QED) is 0.786. The van der Waals surface area contributed by atoms with Gasteiger partial charge in [0.05, 0.1) is 0 Å². The summed E-state index contributed by atoms with van der Waals surface area (Å²) in [6.07, 6.45) is 0. The highest BCUT2D eigenvalue weighted by atomic mass is 32.2. The molecule has 0 radical (unpaired) electrons. The minimum Gasteiger partial charge on any atom is -0.351 e. The van der Waals surface area contributed by atoms with Crippen LogP contribution in [0, 0.1) is 6.92 Å². The third kappa shape index (κ3) is 2.89. The molecule has 0 bridgehead atoms. The van der Waals surface area contributed by atoms with Crippen LogP contribution in [0.3, 0.4) is 0 Å². The molecule has 6 heteroatoms. The molecule has 0 unspecified atom stereocenters. The van der Waals surface area contributed by atoms with Gasteiger partial charge in [-0.1, -0.05) is 0 Å². The number of aromatic nitrogens is 1. The normalized spacial score (nSPS) is 10.0. The zero-order valence-electron chi connectivity index (χ0n) is 7.48. The molecule has 2 N–H and O–H groups in total. The molecule has 0 saturated heterocycles. The number of hydrogen-bond acceptors (Lipinski definition) is 4. The molecule has 0 spiro atoms. The van der Waals surface area contributed by atoms with Crippen molar-refractivity contribution < 1.29 is 4.79 Å². The molecular weight excluding hydrogens is 206 g/mol. The predicted octanol–water partition coefficient (Wildman–Crippen LogP) is 1.86. The molecule has 0 atom stereocenters. The fourth-order valence-corrected chi connectivity index (χ4v) is 2.43. The molecule has 0 aliphatic rings. The monoisotopic (exact) mass is 217 g/mol. The lowest BCUT2D eigenvalue weighted by Gasteiger charge is -2.13. The summed E-state index contributed by atoms with van der Waals surface area (Å²) >= 11 is 2.80. The van der Waals surface area contributed by atoms with E-state index in [1.165, 1.54) is 27.6 Å². The Balaban J connectivity index is 2.61. The lowest BCUT2D eigenvalue weighted by Crippen LogP contribution is -2.29. The van der Waals surface area contributed by atoms with Gasteiger partial charge >= 0.3 is 6.03 Å². The van der Waals surface area contributed by atoms with E-state index in [9.17, 15) is 4.79 Å². The first kappa shape index (κ1) is 10.3. The minimum atomic E-state index is -0.430. The molecule has 0 aromatic carbocycles. The Morgan fingerprint density at radius 1 is 1.85 bits per heavy atom. The number of amides is 2. The second kappa shape index (κ2) is 4.48. The van der Waals surface area contributed by atoms with Crippen molar-refractivity contribution in [2.24, 2.45) is 5.73 Å². The van der Waals surface area contributed by atoms with Gasteiger partial charge in [-0.25, -0.2) is 9.78 Å². The first-order chi connectivity index (χ1) is 6.13. The zero-order valence-corrected chi connectivity index (χ0v) is 9.11. The van der Waals surface area contributed by atoms with Gasteiger partial charge in [0.15, 0.2) is 4.34 Å². The number of carbonyl (C=O) groups is 1. The van der Waals surface area contributed by atoms with Crippen LogP contribution in [-0.2, 0) is 0 Å². The van der Waals surface area contributed by atoms with Crippen LogP contribution < -0.4 is 5.73 Å². The summed E-state index contributed by atoms with van der Waals surface area (Å²) < 4.78 is 2.32. The number of nitrogens with zero attached hydrogens (tertiary/aromatic N) is 2. The summed E-state index contributed by atoms with van der Waals surface area (Å²) in [6, 6.07) is -0.430. The summed E-state index contributed by atoms with van der Waals surface area (Å²) in [4.78, 5) is 15.1. The van der Waals surface area contributed by atoms with E-state index in [-0.39, 0.29) is 0 Å². The van der Waals surface area contributed by atoms with Crippen LogP contribution in [0.1, 0.15) is 12.6 Å². The summed E-state index contributed by atoms with van der Waals surface area (Å²) in [6.45, 7) is 4.37. The molecule has 1 aromatic rings. The number of aryl methyl sites for hydroxylation is 1. The lowest BCUT2D eigenvalue weighted by atomic mass is 10.6. The molecule has 13 heavy (non-hydrogen) atoms. The highest BCUT2D eigenvalue weighted by Gasteiger charge is 2.10. The smallest absolute Gasteiger partial charge is 0.325 e. The number of thiazole rings is 1. The van der Waals surface area contributed by atoms with Crippen molar-refractivity contribution >= 4 is 29.3 Å². The van der Waals surface area contributed by atoms with Crippen molar-refractivity contribution in [1.82, 2.24) is 9.29 Å². The highest BCUT2D eigenvalue weighted by Crippen LogP contribution is 2.25. The van der Waals surface area contributed by atoms with Crippen molar-refractivity contribution in [3.8, 4) is 0 Å². The van der Waals surface area contributed by atoms with E-state index in [2.05, 4.69) is 4.98 Å². The predicted molar refractivity (Wildman–Crippen MR) is 54.7 cm³/mol. The molecular formula is C7H11N3OS2. The van der Waals surface area contributed by atoms with Crippen molar-refractivity contribution in [3.05, 3.63) is 11.1 Å². The average molecular weight is 217 g/mol. The number of primary amides is 1. The summed E-state index contributed by atoms with van der Waals surface area (Å²) in [5.41, 5.74) is 6.11. The fraction of sp³-hybridized carbons (Fsp3) is 0.429. The van der Waals surface area contributed by atoms with Gasteiger partial charge < -0.3 is 5.73 Å². The lowest BCUT2D eigenvalue weighted by molar-refractivity contribution is 0.236. The summed E-state index contributed by atoms with van der Waals surface area (Å²) in [7, 11) is 0. The number of urea groups is 1. The van der Waals surface area contributed by atoms with Gasteiger partial charge in [0.1, 0.15) is 0 Å². The van der Waals surface area contributed by atoms with Gasteiger partial charge in [-0.2, -0.15) is 0 Å². The van der Waals surface area contributed by atoms with Gasteiger partial charge in [0, 0.05) is 29.6 Å². The molecule has 0 aliphatic heterocycles. The average Bonchev–Trinajstić information content (AvgIpc) is 2.46. The van der Waals surface area contributed by atoms with E-state index in [1.807, 2.05) is 19.2 Å². The molecule has 2 amide bonds. The van der Waals surface area contributed by atoms with Crippen molar-refractivity contribution in [3.63, 3.8) is 0 Å². The molecule has 0 aliphatic carbocycles. The Morgan fingerprint density at radius 3 is 2.92 bits per heavy atom. The Kier molecular flexibility index (Phi) is 3.56. The number of nitrogens with two attached hydrogens (primary N) is 1. The molecule has 4 nitrogen and oxygen atoms in total. The van der Waals surface area contributed by atoms with Gasteiger partial charge in [-0.3, -0.25) is 4.31 Å². The van der Waals surface area contributed by atoms with Crippen molar-refractivity contribution in [1.29, 1.82) is 0 Å². The van der Waals surface area contributed by atoms with Crippen LogP contribution in [0.4, 0.5) is 4.79 Å². The molecule has 72 valence electrons. The Labute approximate surface area is 85.3 Å². The van der Waals surface area contributed by atoms with Crippen molar-refractivity contribution in [2.75, 3.05) is 6.54 Å². The molecule has 1 heterocycles. The standard InChI is InChI=1S/C7H11N3OS2/c1-3-10(6(8)11)13-7-9-5(2)4-12-7/h4H,3H2,1-2H3,(H2,8,11). The Bertz CT molecular complexity index is 300. The van der Waals surface area contributed by atoms with Gasteiger partial charge in [0.25, 0.3) is 0 Å². The van der Waals surface area contributed by atoms with Gasteiger partial charge in [-0.15, -0.1) is 11.3 Å². The van der Waals surface area contributed by atoms with Gasteiger partial charge in [0.2, 0.25) is 0 Å². The van der Waals surface area contributed by atoms with Crippen LogP contribution in [-0.4, -0.2) is 21.9 Å². The molecule has 0 fully saturated rings. The van der Waals surface area contributed by atoms with Crippen LogP contribution in [0.5, 0.6) is 0 Å². The number of hydrogen-bond donors (Lipinski definition) is 1. The zero-order chi connectivity index (χ0) is 9.84. The number of carbonyl (C=O) groups excluding carboxylic acids is 1. The highest BCUT2D eigenvalue weighted by molar-refractivity contribution is 7.99. The summed E-state index contributed by atoms with van der Waals surface area (Å²) in [5.74, 6) is 0. The third-order valence-electron chi connectivity index (χ3n) is 1.32. The van der Waals surface area contributed by atoms with Crippen molar-refractivity contribution in [2.45, 2.75) is 18.2 Å². The Morgan fingerprint density at radius 2 is 2.54 bits per heavy atom. The van der Waals surface area contributed by atoms with Crippen LogP contribution >= 0.6 is 23.3 Å². The Hall–Kier alpha value is -0.750. The van der Waals surface area contributed by atoms with E-state index in [4.69, 9.17) is 5.73 Å².